The average molecular weight is 367 g/mol. The molecule has 0 aromatic heterocycles. The van der Waals surface area contributed by atoms with E-state index in [2.05, 4.69) is 5.32 Å². The highest BCUT2D eigenvalue weighted by atomic mass is 35.5. The molecule has 0 unspecified atom stereocenters. The lowest BCUT2D eigenvalue weighted by molar-refractivity contribution is -0.123. The Hall–Kier alpha value is -2.80. The van der Waals surface area contributed by atoms with Crippen LogP contribution in [0.25, 0.3) is 0 Å². The van der Waals surface area contributed by atoms with Gasteiger partial charge < -0.3 is 20.5 Å². The van der Waals surface area contributed by atoms with Gasteiger partial charge in [-0.2, -0.15) is 0 Å². The molecule has 0 radical (unpaired) electrons. The summed E-state index contributed by atoms with van der Waals surface area (Å²) in [5.41, 5.74) is 5.90. The van der Waals surface area contributed by atoms with Crippen molar-refractivity contribution in [2.45, 2.75) is 13.0 Å². The molecule has 2 aromatic carbocycles. The van der Waals surface area contributed by atoms with E-state index in [1.165, 1.54) is 26.2 Å². The van der Waals surface area contributed by atoms with Crippen molar-refractivity contribution < 1.29 is 23.5 Å². The highest BCUT2D eigenvalue weighted by Gasteiger charge is 2.21. The zero-order valence-electron chi connectivity index (χ0n) is 13.5. The average Bonchev–Trinajstić information content (AvgIpc) is 2.54. The molecule has 132 valence electrons. The van der Waals surface area contributed by atoms with Crippen LogP contribution in [0.3, 0.4) is 0 Å². The van der Waals surface area contributed by atoms with Gasteiger partial charge >= 0.3 is 5.97 Å². The van der Waals surface area contributed by atoms with Crippen LogP contribution in [-0.2, 0) is 9.53 Å². The lowest BCUT2D eigenvalue weighted by Gasteiger charge is -2.15. The normalized spacial score (nSPS) is 11.5. The number of ether oxygens (including phenoxy) is 2. The Balaban J connectivity index is 2.02. The van der Waals surface area contributed by atoms with Gasteiger partial charge in [0.05, 0.1) is 17.7 Å². The van der Waals surface area contributed by atoms with Crippen LogP contribution in [0.1, 0.15) is 17.3 Å². The van der Waals surface area contributed by atoms with E-state index in [1.807, 2.05) is 0 Å². The Morgan fingerprint density at radius 3 is 2.56 bits per heavy atom. The van der Waals surface area contributed by atoms with Crippen molar-refractivity contribution in [3.63, 3.8) is 0 Å². The molecule has 0 saturated heterocycles. The van der Waals surface area contributed by atoms with Crippen molar-refractivity contribution in [2.24, 2.45) is 0 Å². The molecule has 0 saturated carbocycles. The minimum Gasteiger partial charge on any atom is -0.495 e. The highest BCUT2D eigenvalue weighted by molar-refractivity contribution is 6.32. The molecule has 0 spiro atoms. The number of halogens is 2. The quantitative estimate of drug-likeness (QED) is 0.626. The molecule has 0 aliphatic rings. The summed E-state index contributed by atoms with van der Waals surface area (Å²) in [6.07, 6.45) is -1.10. The number of nitrogens with one attached hydrogen (secondary N) is 1. The zero-order valence-corrected chi connectivity index (χ0v) is 14.3. The summed E-state index contributed by atoms with van der Waals surface area (Å²) in [5.74, 6) is -1.50. The molecule has 25 heavy (non-hydrogen) atoms. The van der Waals surface area contributed by atoms with Gasteiger partial charge in [-0.15, -0.1) is 0 Å². The largest absolute Gasteiger partial charge is 0.495 e. The number of amides is 1. The Labute approximate surface area is 148 Å². The van der Waals surface area contributed by atoms with Gasteiger partial charge in [0, 0.05) is 11.4 Å². The van der Waals surface area contributed by atoms with Crippen LogP contribution in [-0.4, -0.2) is 25.1 Å². The van der Waals surface area contributed by atoms with Crippen LogP contribution in [0.5, 0.6) is 5.75 Å². The minimum atomic E-state index is -1.10. The number of hydrogen-bond donors (Lipinski definition) is 2. The van der Waals surface area contributed by atoms with Crippen LogP contribution in [0, 0.1) is 5.82 Å². The molecule has 1 atom stereocenters. The maximum absolute atomic E-state index is 13.0. The van der Waals surface area contributed by atoms with Crippen molar-refractivity contribution in [3.8, 4) is 5.75 Å². The smallest absolute Gasteiger partial charge is 0.341 e. The Morgan fingerprint density at radius 2 is 1.96 bits per heavy atom. The van der Waals surface area contributed by atoms with Gasteiger partial charge in [-0.05, 0) is 43.3 Å². The molecule has 1 amide bonds. The molecule has 8 heteroatoms. The second kappa shape index (κ2) is 7.85. The topological polar surface area (TPSA) is 90.6 Å². The summed E-state index contributed by atoms with van der Waals surface area (Å²) in [4.78, 5) is 24.2. The van der Waals surface area contributed by atoms with Crippen LogP contribution in [0.2, 0.25) is 5.02 Å². The molecule has 0 aliphatic carbocycles. The number of carbonyl (C=O) groups is 2. The molecular weight excluding hydrogens is 351 g/mol. The number of nitrogens with two attached hydrogens (primary N) is 1. The molecule has 0 aliphatic heterocycles. The van der Waals surface area contributed by atoms with Gasteiger partial charge in [-0.1, -0.05) is 11.6 Å². The SMILES string of the molecule is COc1ccc(NC(=O)[C@H](C)OC(=O)c2ccc(F)cc2N)cc1Cl. The minimum absolute atomic E-state index is 0.0199. The summed E-state index contributed by atoms with van der Waals surface area (Å²) in [6.45, 7) is 1.40. The molecule has 2 aromatic rings. The maximum atomic E-state index is 13.0. The van der Waals surface area contributed by atoms with Gasteiger partial charge in [0.15, 0.2) is 6.10 Å². The standard InChI is InChI=1S/C17H16ClFN2O4/c1-9(25-17(23)12-5-3-10(19)7-14(12)20)16(22)21-11-4-6-15(24-2)13(18)8-11/h3-9H,20H2,1-2H3,(H,21,22)/t9-/m0/s1. The third-order valence-corrected chi connectivity index (χ3v) is 3.60. The molecule has 0 fully saturated rings. The number of rotatable bonds is 5. The fourth-order valence-electron chi connectivity index (χ4n) is 1.99. The van der Waals surface area contributed by atoms with Crippen LogP contribution in [0.15, 0.2) is 36.4 Å². The number of hydrogen-bond acceptors (Lipinski definition) is 5. The third-order valence-electron chi connectivity index (χ3n) is 3.31. The van der Waals surface area contributed by atoms with Crippen molar-refractivity contribution in [1.29, 1.82) is 0 Å². The summed E-state index contributed by atoms with van der Waals surface area (Å²) >= 11 is 5.98. The van der Waals surface area contributed by atoms with Crippen LogP contribution in [0.4, 0.5) is 15.8 Å². The van der Waals surface area contributed by atoms with Crippen molar-refractivity contribution in [3.05, 3.63) is 52.8 Å². The van der Waals surface area contributed by atoms with Gasteiger partial charge in [-0.3, -0.25) is 4.79 Å². The number of esters is 1. The van der Waals surface area contributed by atoms with Gasteiger partial charge in [-0.25, -0.2) is 9.18 Å². The Morgan fingerprint density at radius 1 is 1.24 bits per heavy atom. The number of methoxy groups -OCH3 is 1. The number of carbonyl (C=O) groups excluding carboxylic acids is 2. The van der Waals surface area contributed by atoms with Crippen LogP contribution < -0.4 is 15.8 Å². The van der Waals surface area contributed by atoms with Gasteiger partial charge in [0.2, 0.25) is 0 Å². The molecule has 3 N–H and O–H groups in total. The molecular formula is C17H16ClFN2O4. The molecule has 0 bridgehead atoms. The monoisotopic (exact) mass is 366 g/mol. The fourth-order valence-corrected chi connectivity index (χ4v) is 2.24. The van der Waals surface area contributed by atoms with E-state index in [1.54, 1.807) is 12.1 Å². The zero-order chi connectivity index (χ0) is 18.6. The van der Waals surface area contributed by atoms with Gasteiger partial charge in [0.25, 0.3) is 5.91 Å². The molecule has 0 heterocycles. The van der Waals surface area contributed by atoms with E-state index >= 15 is 0 Å². The number of benzene rings is 2. The van der Waals surface area contributed by atoms with Crippen LogP contribution >= 0.6 is 11.6 Å². The fraction of sp³-hybridized carbons (Fsp3) is 0.176. The second-order valence-electron chi connectivity index (χ2n) is 5.12. The molecule has 2 rings (SSSR count). The first kappa shape index (κ1) is 18.5. The lowest BCUT2D eigenvalue weighted by atomic mass is 10.2. The Bertz CT molecular complexity index is 813. The first-order chi connectivity index (χ1) is 11.8. The van der Waals surface area contributed by atoms with E-state index in [0.717, 1.165) is 12.1 Å². The van der Waals surface area contributed by atoms with E-state index in [0.29, 0.717) is 16.5 Å². The van der Waals surface area contributed by atoms with E-state index in [9.17, 15) is 14.0 Å². The summed E-state index contributed by atoms with van der Waals surface area (Å²) in [7, 11) is 1.47. The number of nitrogen functional groups attached to an aromatic ring is 1. The predicted molar refractivity (Wildman–Crippen MR) is 92.3 cm³/mol. The van der Waals surface area contributed by atoms with Gasteiger partial charge in [0.1, 0.15) is 11.6 Å². The predicted octanol–water partition coefficient (Wildman–Crippen LogP) is 3.25. The lowest BCUT2D eigenvalue weighted by Crippen LogP contribution is -2.30. The van der Waals surface area contributed by atoms with E-state index in [-0.39, 0.29) is 11.3 Å². The summed E-state index contributed by atoms with van der Waals surface area (Å²) in [6, 6.07) is 7.96. The summed E-state index contributed by atoms with van der Waals surface area (Å²) in [5, 5.41) is 2.89. The first-order valence-corrected chi connectivity index (χ1v) is 7.60. The van der Waals surface area contributed by atoms with E-state index in [4.69, 9.17) is 26.8 Å². The second-order valence-corrected chi connectivity index (χ2v) is 5.52. The third kappa shape index (κ3) is 4.60. The van der Waals surface area contributed by atoms with E-state index < -0.39 is 23.8 Å². The number of anilines is 2. The van der Waals surface area contributed by atoms with Crippen molar-refractivity contribution in [2.75, 3.05) is 18.2 Å². The molecule has 6 nitrogen and oxygen atoms in total. The summed E-state index contributed by atoms with van der Waals surface area (Å²) < 4.78 is 23.1. The van der Waals surface area contributed by atoms with Crippen molar-refractivity contribution in [1.82, 2.24) is 0 Å². The maximum Gasteiger partial charge on any atom is 0.341 e. The first-order valence-electron chi connectivity index (χ1n) is 7.22. The Kier molecular flexibility index (Phi) is 5.82. The highest BCUT2D eigenvalue weighted by Crippen LogP contribution is 2.27. The van der Waals surface area contributed by atoms with Crippen molar-refractivity contribution >= 4 is 34.9 Å².